The van der Waals surface area contributed by atoms with Crippen LogP contribution in [-0.4, -0.2) is 4.98 Å². The van der Waals surface area contributed by atoms with E-state index in [2.05, 4.69) is 41.5 Å². The molecule has 0 amide bonds. The van der Waals surface area contributed by atoms with Gasteiger partial charge in [0.15, 0.2) is 0 Å². The highest BCUT2D eigenvalue weighted by Crippen LogP contribution is 2.19. The number of benzene rings is 1. The zero-order chi connectivity index (χ0) is 12.1. The Hall–Kier alpha value is -1.54. The van der Waals surface area contributed by atoms with Crippen molar-refractivity contribution >= 4 is 17.3 Å². The Bertz CT molecular complexity index is 480. The monoisotopic (exact) mass is 246 g/mol. The quantitative estimate of drug-likeness (QED) is 0.885. The minimum Gasteiger partial charge on any atom is -0.379 e. The van der Waals surface area contributed by atoms with Gasteiger partial charge in [0.2, 0.25) is 0 Å². The van der Waals surface area contributed by atoms with Crippen LogP contribution in [0.3, 0.4) is 0 Å². The van der Waals surface area contributed by atoms with Crippen molar-refractivity contribution in [2.75, 3.05) is 5.32 Å². The summed E-state index contributed by atoms with van der Waals surface area (Å²) in [6.07, 6.45) is 4.49. The molecular formula is C14H15ClN2. The van der Waals surface area contributed by atoms with Crippen LogP contribution in [0.4, 0.5) is 5.69 Å². The molecule has 1 N–H and O–H groups in total. The third-order valence-corrected chi connectivity index (χ3v) is 3.01. The second-order valence-corrected chi connectivity index (χ2v) is 4.29. The molecular weight excluding hydrogens is 232 g/mol. The number of nitrogens with one attached hydrogen (secondary N) is 1. The number of pyridine rings is 1. The van der Waals surface area contributed by atoms with Crippen LogP contribution in [0.15, 0.2) is 42.7 Å². The van der Waals surface area contributed by atoms with Gasteiger partial charge in [-0.15, -0.1) is 0 Å². The summed E-state index contributed by atoms with van der Waals surface area (Å²) < 4.78 is 0. The summed E-state index contributed by atoms with van der Waals surface area (Å²) in [6, 6.07) is 10.4. The lowest BCUT2D eigenvalue weighted by molar-refractivity contribution is 1.10. The van der Waals surface area contributed by atoms with Crippen LogP contribution >= 0.6 is 11.6 Å². The molecule has 0 unspecified atom stereocenters. The summed E-state index contributed by atoms with van der Waals surface area (Å²) >= 11 is 6.04. The van der Waals surface area contributed by atoms with E-state index < -0.39 is 0 Å². The van der Waals surface area contributed by atoms with Crippen LogP contribution in [0, 0.1) is 0 Å². The number of aryl methyl sites for hydroxylation is 1. The van der Waals surface area contributed by atoms with Gasteiger partial charge in [-0.1, -0.05) is 42.8 Å². The molecule has 2 aromatic rings. The third kappa shape index (κ3) is 3.21. The number of nitrogens with zero attached hydrogens (tertiary/aromatic N) is 1. The zero-order valence-electron chi connectivity index (χ0n) is 9.78. The first-order valence-electron chi connectivity index (χ1n) is 5.71. The lowest BCUT2D eigenvalue weighted by Gasteiger charge is -2.08. The highest BCUT2D eigenvalue weighted by molar-refractivity contribution is 6.33. The van der Waals surface area contributed by atoms with Gasteiger partial charge >= 0.3 is 0 Å². The number of hydrogen-bond donors (Lipinski definition) is 1. The fraction of sp³-hybridized carbons (Fsp3) is 0.214. The van der Waals surface area contributed by atoms with Gasteiger partial charge in [0.1, 0.15) is 0 Å². The standard InChI is InChI=1S/C14H15ClN2/c1-2-11-3-5-12(6-4-11)9-17-14-10-16-8-7-13(14)15/h3-8,10,17H,2,9H2,1H3. The second kappa shape index (κ2) is 5.69. The Morgan fingerprint density at radius 1 is 1.12 bits per heavy atom. The molecule has 0 saturated carbocycles. The molecule has 0 radical (unpaired) electrons. The first kappa shape index (κ1) is 11.9. The molecule has 3 heteroatoms. The first-order valence-corrected chi connectivity index (χ1v) is 6.08. The molecule has 1 heterocycles. The lowest BCUT2D eigenvalue weighted by Crippen LogP contribution is -2.00. The zero-order valence-corrected chi connectivity index (χ0v) is 10.5. The molecule has 88 valence electrons. The maximum atomic E-state index is 6.04. The van der Waals surface area contributed by atoms with Crippen molar-refractivity contribution in [1.82, 2.24) is 4.98 Å². The average molecular weight is 247 g/mol. The molecule has 17 heavy (non-hydrogen) atoms. The fourth-order valence-electron chi connectivity index (χ4n) is 1.60. The minimum atomic E-state index is 0.699. The van der Waals surface area contributed by atoms with Gasteiger partial charge in [-0.3, -0.25) is 4.98 Å². The van der Waals surface area contributed by atoms with Crippen LogP contribution in [0.5, 0.6) is 0 Å². The summed E-state index contributed by atoms with van der Waals surface area (Å²) in [5, 5.41) is 3.97. The third-order valence-electron chi connectivity index (χ3n) is 2.68. The van der Waals surface area contributed by atoms with Gasteiger partial charge < -0.3 is 5.32 Å². The average Bonchev–Trinajstić information content (AvgIpc) is 2.38. The Balaban J connectivity index is 2.00. The van der Waals surface area contributed by atoms with Crippen molar-refractivity contribution in [1.29, 1.82) is 0 Å². The van der Waals surface area contributed by atoms with Crippen LogP contribution in [0.2, 0.25) is 5.02 Å². The number of halogens is 1. The maximum Gasteiger partial charge on any atom is 0.0718 e. The Kier molecular flexibility index (Phi) is 3.99. The van der Waals surface area contributed by atoms with E-state index in [4.69, 9.17) is 11.6 Å². The molecule has 1 aromatic heterocycles. The van der Waals surface area contributed by atoms with E-state index in [1.807, 2.05) is 0 Å². The number of rotatable bonds is 4. The summed E-state index contributed by atoms with van der Waals surface area (Å²) in [7, 11) is 0. The second-order valence-electron chi connectivity index (χ2n) is 3.88. The normalized spacial score (nSPS) is 10.2. The Morgan fingerprint density at radius 2 is 1.82 bits per heavy atom. The van der Waals surface area contributed by atoms with Crippen molar-refractivity contribution in [2.45, 2.75) is 19.9 Å². The first-order chi connectivity index (χ1) is 8.29. The molecule has 0 saturated heterocycles. The van der Waals surface area contributed by atoms with E-state index in [0.717, 1.165) is 18.7 Å². The van der Waals surface area contributed by atoms with Crippen LogP contribution < -0.4 is 5.32 Å². The van der Waals surface area contributed by atoms with Gasteiger partial charge in [-0.2, -0.15) is 0 Å². The van der Waals surface area contributed by atoms with Crippen LogP contribution in [0.25, 0.3) is 0 Å². The van der Waals surface area contributed by atoms with Gasteiger partial charge in [0.05, 0.1) is 16.9 Å². The molecule has 0 aliphatic heterocycles. The Morgan fingerprint density at radius 3 is 2.47 bits per heavy atom. The van der Waals surface area contributed by atoms with Gasteiger partial charge in [-0.05, 0) is 23.6 Å². The minimum absolute atomic E-state index is 0.699. The molecule has 0 aliphatic rings. The predicted molar refractivity (Wildman–Crippen MR) is 72.4 cm³/mol. The molecule has 0 fully saturated rings. The molecule has 0 bridgehead atoms. The van der Waals surface area contributed by atoms with Crippen molar-refractivity contribution in [3.05, 3.63) is 58.9 Å². The molecule has 0 aliphatic carbocycles. The van der Waals surface area contributed by atoms with Crippen molar-refractivity contribution in [3.63, 3.8) is 0 Å². The molecule has 0 atom stereocenters. The van der Waals surface area contributed by atoms with Crippen molar-refractivity contribution in [3.8, 4) is 0 Å². The highest BCUT2D eigenvalue weighted by atomic mass is 35.5. The Labute approximate surface area is 107 Å². The van der Waals surface area contributed by atoms with Gasteiger partial charge in [-0.25, -0.2) is 0 Å². The maximum absolute atomic E-state index is 6.04. The van der Waals surface area contributed by atoms with Gasteiger partial charge in [0.25, 0.3) is 0 Å². The summed E-state index contributed by atoms with van der Waals surface area (Å²) in [4.78, 5) is 4.04. The number of aromatic nitrogens is 1. The van der Waals surface area contributed by atoms with E-state index in [9.17, 15) is 0 Å². The molecule has 2 nitrogen and oxygen atoms in total. The lowest BCUT2D eigenvalue weighted by atomic mass is 10.1. The molecule has 1 aromatic carbocycles. The van der Waals surface area contributed by atoms with E-state index >= 15 is 0 Å². The largest absolute Gasteiger partial charge is 0.379 e. The summed E-state index contributed by atoms with van der Waals surface area (Å²) in [5.41, 5.74) is 3.46. The van der Waals surface area contributed by atoms with E-state index in [1.165, 1.54) is 11.1 Å². The van der Waals surface area contributed by atoms with Gasteiger partial charge in [0, 0.05) is 12.7 Å². The molecule has 2 rings (SSSR count). The van der Waals surface area contributed by atoms with Crippen molar-refractivity contribution in [2.24, 2.45) is 0 Å². The summed E-state index contributed by atoms with van der Waals surface area (Å²) in [6.45, 7) is 2.91. The SMILES string of the molecule is CCc1ccc(CNc2cnccc2Cl)cc1. The van der Waals surface area contributed by atoms with E-state index in [-0.39, 0.29) is 0 Å². The van der Waals surface area contributed by atoms with E-state index in [1.54, 1.807) is 18.5 Å². The van der Waals surface area contributed by atoms with E-state index in [0.29, 0.717) is 5.02 Å². The fourth-order valence-corrected chi connectivity index (χ4v) is 1.77. The topological polar surface area (TPSA) is 24.9 Å². The highest BCUT2D eigenvalue weighted by Gasteiger charge is 1.99. The smallest absolute Gasteiger partial charge is 0.0718 e. The van der Waals surface area contributed by atoms with Crippen LogP contribution in [-0.2, 0) is 13.0 Å². The molecule has 0 spiro atoms. The number of hydrogen-bond acceptors (Lipinski definition) is 2. The number of anilines is 1. The van der Waals surface area contributed by atoms with Crippen molar-refractivity contribution < 1.29 is 0 Å². The predicted octanol–water partition coefficient (Wildman–Crippen LogP) is 3.91. The van der Waals surface area contributed by atoms with Crippen LogP contribution in [0.1, 0.15) is 18.1 Å². The summed E-state index contributed by atoms with van der Waals surface area (Å²) in [5.74, 6) is 0.